The first kappa shape index (κ1) is 18.8. The van der Waals surface area contributed by atoms with Crippen LogP contribution in [0.4, 0.5) is 4.79 Å². The molecule has 6 nitrogen and oxygen atoms in total. The van der Waals surface area contributed by atoms with Gasteiger partial charge in [-0.3, -0.25) is 0 Å². The molecule has 0 bridgehead atoms. The predicted molar refractivity (Wildman–Crippen MR) is 92.4 cm³/mol. The number of hydrogen-bond donors (Lipinski definition) is 0. The normalized spacial score (nSPS) is 18.3. The van der Waals surface area contributed by atoms with Gasteiger partial charge in [0.1, 0.15) is 5.60 Å². The fraction of sp³-hybridized carbons (Fsp3) is 0.706. The lowest BCUT2D eigenvalue weighted by Crippen LogP contribution is -2.46. The number of carbonyl (C=O) groups excluding carboxylic acids is 1. The van der Waals surface area contributed by atoms with Gasteiger partial charge in [-0.1, -0.05) is 11.6 Å². The van der Waals surface area contributed by atoms with E-state index >= 15 is 0 Å². The maximum atomic E-state index is 12.4. The van der Waals surface area contributed by atoms with E-state index in [1.807, 2.05) is 25.7 Å². The van der Waals surface area contributed by atoms with Crippen molar-refractivity contribution in [3.05, 3.63) is 17.3 Å². The summed E-state index contributed by atoms with van der Waals surface area (Å²) in [5, 5.41) is 7.94. The predicted octanol–water partition coefficient (Wildman–Crippen LogP) is 4.08. The van der Waals surface area contributed by atoms with Crippen molar-refractivity contribution in [3.8, 4) is 5.88 Å². The minimum absolute atomic E-state index is 0.211. The number of aromatic nitrogens is 2. The number of likely N-dealkylation sites (tertiary alicyclic amines) is 1. The highest BCUT2D eigenvalue weighted by Gasteiger charge is 2.30. The zero-order valence-electron chi connectivity index (χ0n) is 14.6. The molecule has 0 aliphatic carbocycles. The van der Waals surface area contributed by atoms with Crippen molar-refractivity contribution >= 4 is 17.7 Å². The monoisotopic (exact) mass is 355 g/mol. The molecule has 0 spiro atoms. The lowest BCUT2D eigenvalue weighted by atomic mass is 9.98. The Labute approximate surface area is 148 Å². The van der Waals surface area contributed by atoms with Crippen LogP contribution < -0.4 is 4.74 Å². The van der Waals surface area contributed by atoms with Gasteiger partial charge in [-0.2, -0.15) is 0 Å². The molecule has 1 amide bonds. The summed E-state index contributed by atoms with van der Waals surface area (Å²) in [5.74, 6) is 0.465. The molecule has 134 valence electrons. The maximum Gasteiger partial charge on any atom is 0.410 e. The number of halogens is 1. The zero-order valence-corrected chi connectivity index (χ0v) is 15.4. The Morgan fingerprint density at radius 3 is 2.79 bits per heavy atom. The smallest absolute Gasteiger partial charge is 0.410 e. The van der Waals surface area contributed by atoms with E-state index in [4.69, 9.17) is 21.1 Å². The van der Waals surface area contributed by atoms with Crippen molar-refractivity contribution in [2.24, 2.45) is 0 Å². The van der Waals surface area contributed by atoms with Gasteiger partial charge in [-0.15, -0.1) is 10.2 Å². The average molecular weight is 356 g/mol. The van der Waals surface area contributed by atoms with E-state index in [0.29, 0.717) is 17.6 Å². The highest BCUT2D eigenvalue weighted by molar-refractivity contribution is 6.29. The van der Waals surface area contributed by atoms with Crippen LogP contribution in [0.5, 0.6) is 5.88 Å². The number of piperidine rings is 1. The Morgan fingerprint density at radius 2 is 2.12 bits per heavy atom. The standard InChI is InChI=1S/C17H26ClN3O3/c1-17(2,3)24-16(22)21-11-5-4-7-13(21)8-6-12-23-15-10-9-14(18)19-20-15/h9-10,13H,4-8,11-12H2,1-3H3. The molecule has 1 aromatic rings. The third-order valence-electron chi connectivity index (χ3n) is 3.79. The fourth-order valence-corrected chi connectivity index (χ4v) is 2.84. The lowest BCUT2D eigenvalue weighted by molar-refractivity contribution is 0.00822. The van der Waals surface area contributed by atoms with Crippen molar-refractivity contribution in [1.82, 2.24) is 15.1 Å². The molecule has 1 aliphatic rings. The quantitative estimate of drug-likeness (QED) is 0.744. The van der Waals surface area contributed by atoms with Gasteiger partial charge in [0.15, 0.2) is 5.15 Å². The lowest BCUT2D eigenvalue weighted by Gasteiger charge is -2.36. The molecule has 1 aromatic heterocycles. The molecule has 0 saturated carbocycles. The van der Waals surface area contributed by atoms with Gasteiger partial charge < -0.3 is 14.4 Å². The highest BCUT2D eigenvalue weighted by Crippen LogP contribution is 2.23. The third-order valence-corrected chi connectivity index (χ3v) is 4.00. The van der Waals surface area contributed by atoms with E-state index in [1.54, 1.807) is 12.1 Å². The van der Waals surface area contributed by atoms with E-state index in [2.05, 4.69) is 10.2 Å². The number of carbonyl (C=O) groups is 1. The van der Waals surface area contributed by atoms with Gasteiger partial charge >= 0.3 is 6.09 Å². The summed E-state index contributed by atoms with van der Waals surface area (Å²) >= 11 is 5.69. The molecular weight excluding hydrogens is 330 g/mol. The third kappa shape index (κ3) is 6.15. The van der Waals surface area contributed by atoms with Crippen molar-refractivity contribution in [2.45, 2.75) is 64.5 Å². The zero-order chi connectivity index (χ0) is 17.6. The summed E-state index contributed by atoms with van der Waals surface area (Å²) < 4.78 is 11.1. The Balaban J connectivity index is 1.78. The average Bonchev–Trinajstić information content (AvgIpc) is 2.52. The van der Waals surface area contributed by atoms with Crippen LogP contribution in [0, 0.1) is 0 Å². The van der Waals surface area contributed by atoms with E-state index in [9.17, 15) is 4.79 Å². The first-order chi connectivity index (χ1) is 11.3. The molecule has 1 unspecified atom stereocenters. The SMILES string of the molecule is CC(C)(C)OC(=O)N1CCCCC1CCCOc1ccc(Cl)nn1. The van der Waals surface area contributed by atoms with Crippen molar-refractivity contribution in [3.63, 3.8) is 0 Å². The minimum atomic E-state index is -0.463. The Bertz CT molecular complexity index is 531. The highest BCUT2D eigenvalue weighted by atomic mass is 35.5. The van der Waals surface area contributed by atoms with Crippen LogP contribution in [0.3, 0.4) is 0 Å². The Hall–Kier alpha value is -1.56. The summed E-state index contributed by atoms with van der Waals surface area (Å²) in [7, 11) is 0. The second-order valence-electron chi connectivity index (χ2n) is 7.01. The number of rotatable bonds is 5. The minimum Gasteiger partial charge on any atom is -0.477 e. The van der Waals surface area contributed by atoms with E-state index < -0.39 is 5.60 Å². The van der Waals surface area contributed by atoms with Crippen LogP contribution in [0.1, 0.15) is 52.9 Å². The van der Waals surface area contributed by atoms with E-state index in [1.165, 1.54) is 0 Å². The largest absolute Gasteiger partial charge is 0.477 e. The first-order valence-corrected chi connectivity index (χ1v) is 8.84. The number of nitrogens with zero attached hydrogens (tertiary/aromatic N) is 3. The van der Waals surface area contributed by atoms with Crippen LogP contribution in [0.2, 0.25) is 5.15 Å². The second-order valence-corrected chi connectivity index (χ2v) is 7.40. The number of amides is 1. The molecule has 2 heterocycles. The second kappa shape index (κ2) is 8.51. The molecular formula is C17H26ClN3O3. The summed E-state index contributed by atoms with van der Waals surface area (Å²) in [6.07, 6.45) is 4.71. The van der Waals surface area contributed by atoms with Gasteiger partial charge in [0.05, 0.1) is 6.61 Å². The summed E-state index contributed by atoms with van der Waals surface area (Å²) in [6.45, 7) is 6.98. The van der Waals surface area contributed by atoms with Gasteiger partial charge in [-0.05, 0) is 58.9 Å². The summed E-state index contributed by atoms with van der Waals surface area (Å²) in [6, 6.07) is 3.56. The molecule has 0 aromatic carbocycles. The van der Waals surface area contributed by atoms with Crippen LogP contribution >= 0.6 is 11.6 Å². The summed E-state index contributed by atoms with van der Waals surface area (Å²) in [4.78, 5) is 14.2. The Morgan fingerprint density at radius 1 is 1.33 bits per heavy atom. The summed E-state index contributed by atoms with van der Waals surface area (Å²) in [5.41, 5.74) is -0.463. The topological polar surface area (TPSA) is 64.5 Å². The molecule has 1 fully saturated rings. The van der Waals surface area contributed by atoms with Gasteiger partial charge in [-0.25, -0.2) is 4.79 Å². The van der Waals surface area contributed by atoms with Crippen molar-refractivity contribution in [1.29, 1.82) is 0 Å². The van der Waals surface area contributed by atoms with Crippen LogP contribution in [-0.2, 0) is 4.74 Å². The van der Waals surface area contributed by atoms with Crippen molar-refractivity contribution in [2.75, 3.05) is 13.2 Å². The van der Waals surface area contributed by atoms with E-state index in [0.717, 1.165) is 38.6 Å². The molecule has 24 heavy (non-hydrogen) atoms. The number of ether oxygens (including phenoxy) is 2. The van der Waals surface area contributed by atoms with Gasteiger partial charge in [0, 0.05) is 18.7 Å². The van der Waals surface area contributed by atoms with Crippen LogP contribution in [-0.4, -0.2) is 46.0 Å². The van der Waals surface area contributed by atoms with Crippen LogP contribution in [0.25, 0.3) is 0 Å². The van der Waals surface area contributed by atoms with Gasteiger partial charge in [0.25, 0.3) is 0 Å². The Kier molecular flexibility index (Phi) is 6.66. The number of hydrogen-bond acceptors (Lipinski definition) is 5. The molecule has 7 heteroatoms. The molecule has 0 N–H and O–H groups in total. The fourth-order valence-electron chi connectivity index (χ4n) is 2.74. The van der Waals surface area contributed by atoms with E-state index in [-0.39, 0.29) is 12.1 Å². The maximum absolute atomic E-state index is 12.4. The first-order valence-electron chi connectivity index (χ1n) is 8.47. The molecule has 0 radical (unpaired) electrons. The van der Waals surface area contributed by atoms with Gasteiger partial charge in [0.2, 0.25) is 5.88 Å². The molecule has 2 rings (SSSR count). The van der Waals surface area contributed by atoms with Crippen LogP contribution in [0.15, 0.2) is 12.1 Å². The van der Waals surface area contributed by atoms with Crippen molar-refractivity contribution < 1.29 is 14.3 Å². The molecule has 1 atom stereocenters. The molecule has 1 aliphatic heterocycles. The molecule has 1 saturated heterocycles.